The Morgan fingerprint density at radius 3 is 2.88 bits per heavy atom. The normalized spacial score (nSPS) is 9.88. The van der Waals surface area contributed by atoms with Crippen LogP contribution in [0.15, 0.2) is 12.3 Å². The highest BCUT2D eigenvalue weighted by atomic mass is 16.4. The molecule has 0 aliphatic rings. The third-order valence-corrected chi connectivity index (χ3v) is 1.94. The Kier molecular flexibility index (Phi) is 3.78. The van der Waals surface area contributed by atoms with E-state index in [-0.39, 0.29) is 24.2 Å². The number of nitrogens with zero attached hydrogens (tertiary/aromatic N) is 4. The number of carboxylic acid groups (broad SMARTS) is 1. The Morgan fingerprint density at radius 2 is 2.38 bits per heavy atom. The van der Waals surface area contributed by atoms with Crippen LogP contribution < -0.4 is 4.90 Å². The molecule has 0 spiro atoms. The fourth-order valence-electron chi connectivity index (χ4n) is 1.18. The monoisotopic (exact) mass is 220 g/mol. The van der Waals surface area contributed by atoms with Crippen LogP contribution in [0.25, 0.3) is 0 Å². The van der Waals surface area contributed by atoms with Crippen molar-refractivity contribution in [2.75, 3.05) is 11.4 Å². The van der Waals surface area contributed by atoms with Crippen LogP contribution in [0.1, 0.15) is 19.5 Å². The zero-order chi connectivity index (χ0) is 12.1. The summed E-state index contributed by atoms with van der Waals surface area (Å²) < 4.78 is 0. The van der Waals surface area contributed by atoms with Crippen LogP contribution >= 0.6 is 0 Å². The van der Waals surface area contributed by atoms with Gasteiger partial charge in [0.05, 0.1) is 0 Å². The summed E-state index contributed by atoms with van der Waals surface area (Å²) in [5, 5.41) is 17.4. The van der Waals surface area contributed by atoms with Crippen LogP contribution in [-0.2, 0) is 4.79 Å². The fraction of sp³-hybridized carbons (Fsp3) is 0.400. The van der Waals surface area contributed by atoms with E-state index in [1.807, 2.05) is 19.9 Å². The minimum Gasteiger partial charge on any atom is -0.480 e. The predicted octanol–water partition coefficient (Wildman–Crippen LogP) is 0.648. The summed E-state index contributed by atoms with van der Waals surface area (Å²) in [5.74, 6) is -0.698. The number of hydrogen-bond donors (Lipinski definition) is 1. The first-order valence-corrected chi connectivity index (χ1v) is 4.76. The number of hydrogen-bond acceptors (Lipinski definition) is 5. The average Bonchev–Trinajstić information content (AvgIpc) is 2.25. The van der Waals surface area contributed by atoms with Gasteiger partial charge < -0.3 is 10.0 Å². The van der Waals surface area contributed by atoms with E-state index in [0.29, 0.717) is 0 Å². The molecule has 0 aliphatic carbocycles. The minimum absolute atomic E-state index is 0.0509. The number of nitriles is 1. The topological polar surface area (TPSA) is 90.1 Å². The molecule has 0 amide bonds. The Hall–Kier alpha value is -2.16. The molecular formula is C10H12N4O2. The summed E-state index contributed by atoms with van der Waals surface area (Å²) in [6, 6.07) is 3.31. The van der Waals surface area contributed by atoms with Crippen molar-refractivity contribution >= 4 is 11.9 Å². The van der Waals surface area contributed by atoms with E-state index < -0.39 is 5.97 Å². The van der Waals surface area contributed by atoms with Crippen molar-refractivity contribution in [2.24, 2.45) is 0 Å². The maximum Gasteiger partial charge on any atom is 0.323 e. The molecule has 1 N–H and O–H groups in total. The first-order valence-electron chi connectivity index (χ1n) is 4.76. The van der Waals surface area contributed by atoms with Gasteiger partial charge >= 0.3 is 5.97 Å². The zero-order valence-electron chi connectivity index (χ0n) is 9.08. The van der Waals surface area contributed by atoms with Gasteiger partial charge in [0, 0.05) is 12.2 Å². The molecule has 0 aliphatic heterocycles. The molecule has 0 fully saturated rings. The summed E-state index contributed by atoms with van der Waals surface area (Å²) in [7, 11) is 0. The molecule has 16 heavy (non-hydrogen) atoms. The second-order valence-corrected chi connectivity index (χ2v) is 3.47. The molecule has 0 saturated heterocycles. The van der Waals surface area contributed by atoms with Crippen LogP contribution in [0.3, 0.4) is 0 Å². The van der Waals surface area contributed by atoms with Crippen molar-refractivity contribution in [1.82, 2.24) is 9.97 Å². The molecule has 0 saturated carbocycles. The van der Waals surface area contributed by atoms with E-state index in [9.17, 15) is 4.79 Å². The SMILES string of the molecule is CC(C)N(CC(=O)O)c1nccc(C#N)n1. The molecule has 0 atom stereocenters. The lowest BCUT2D eigenvalue weighted by atomic mass is 10.3. The Balaban J connectivity index is 3.01. The highest BCUT2D eigenvalue weighted by molar-refractivity contribution is 5.72. The predicted molar refractivity (Wildman–Crippen MR) is 56.9 cm³/mol. The number of aliphatic carboxylic acids is 1. The Bertz CT molecular complexity index is 425. The molecule has 1 rings (SSSR count). The fourth-order valence-corrected chi connectivity index (χ4v) is 1.18. The molecule has 1 heterocycles. The summed E-state index contributed by atoms with van der Waals surface area (Å²) in [4.78, 5) is 20.1. The van der Waals surface area contributed by atoms with Crippen molar-refractivity contribution in [1.29, 1.82) is 5.26 Å². The third-order valence-electron chi connectivity index (χ3n) is 1.94. The van der Waals surface area contributed by atoms with Gasteiger partial charge in [-0.05, 0) is 19.9 Å². The lowest BCUT2D eigenvalue weighted by Crippen LogP contribution is -2.37. The first-order chi connectivity index (χ1) is 7.54. The second kappa shape index (κ2) is 5.07. The Labute approximate surface area is 93.2 Å². The summed E-state index contributed by atoms with van der Waals surface area (Å²) in [6.45, 7) is 3.49. The number of rotatable bonds is 4. The molecular weight excluding hydrogens is 208 g/mol. The first kappa shape index (κ1) is 11.9. The van der Waals surface area contributed by atoms with E-state index in [1.54, 1.807) is 0 Å². The number of anilines is 1. The number of aromatic nitrogens is 2. The van der Waals surface area contributed by atoms with Gasteiger partial charge in [-0.1, -0.05) is 0 Å². The lowest BCUT2D eigenvalue weighted by molar-refractivity contribution is -0.135. The maximum absolute atomic E-state index is 10.7. The van der Waals surface area contributed by atoms with Gasteiger partial charge in [-0.15, -0.1) is 0 Å². The maximum atomic E-state index is 10.7. The molecule has 0 bridgehead atoms. The van der Waals surface area contributed by atoms with Crippen molar-refractivity contribution in [2.45, 2.75) is 19.9 Å². The molecule has 0 unspecified atom stereocenters. The van der Waals surface area contributed by atoms with Crippen LogP contribution in [-0.4, -0.2) is 33.6 Å². The van der Waals surface area contributed by atoms with Crippen molar-refractivity contribution in [3.63, 3.8) is 0 Å². The molecule has 0 radical (unpaired) electrons. The molecule has 0 aromatic carbocycles. The standard InChI is InChI=1S/C10H12N4O2/c1-7(2)14(6-9(15)16)10-12-4-3-8(5-11)13-10/h3-4,7H,6H2,1-2H3,(H,15,16). The van der Waals surface area contributed by atoms with Crippen molar-refractivity contribution in [3.8, 4) is 6.07 Å². The van der Waals surface area contributed by atoms with Gasteiger partial charge in [0.15, 0.2) is 0 Å². The molecule has 1 aromatic rings. The van der Waals surface area contributed by atoms with Crippen molar-refractivity contribution in [3.05, 3.63) is 18.0 Å². The highest BCUT2D eigenvalue weighted by Gasteiger charge is 2.16. The van der Waals surface area contributed by atoms with Crippen LogP contribution in [0, 0.1) is 11.3 Å². The smallest absolute Gasteiger partial charge is 0.323 e. The zero-order valence-corrected chi connectivity index (χ0v) is 9.08. The van der Waals surface area contributed by atoms with Crippen LogP contribution in [0.5, 0.6) is 0 Å². The molecule has 84 valence electrons. The molecule has 6 heteroatoms. The van der Waals surface area contributed by atoms with Gasteiger partial charge in [-0.3, -0.25) is 4.79 Å². The van der Waals surface area contributed by atoms with E-state index in [2.05, 4.69) is 9.97 Å². The second-order valence-electron chi connectivity index (χ2n) is 3.47. The summed E-state index contributed by atoms with van der Waals surface area (Å²) in [5.41, 5.74) is 0.223. The van der Waals surface area contributed by atoms with E-state index in [4.69, 9.17) is 10.4 Å². The Morgan fingerprint density at radius 1 is 1.69 bits per heavy atom. The lowest BCUT2D eigenvalue weighted by Gasteiger charge is -2.24. The van der Waals surface area contributed by atoms with Crippen molar-refractivity contribution < 1.29 is 9.90 Å². The molecule has 6 nitrogen and oxygen atoms in total. The van der Waals surface area contributed by atoms with E-state index in [0.717, 1.165) is 0 Å². The third kappa shape index (κ3) is 2.92. The van der Waals surface area contributed by atoms with E-state index >= 15 is 0 Å². The molecule has 1 aromatic heterocycles. The highest BCUT2D eigenvalue weighted by Crippen LogP contribution is 2.10. The van der Waals surface area contributed by atoms with Crippen LogP contribution in [0.4, 0.5) is 5.95 Å². The average molecular weight is 220 g/mol. The quantitative estimate of drug-likeness (QED) is 0.801. The minimum atomic E-state index is -0.959. The van der Waals surface area contributed by atoms with E-state index in [1.165, 1.54) is 17.2 Å². The van der Waals surface area contributed by atoms with Gasteiger partial charge in [0.2, 0.25) is 5.95 Å². The van der Waals surface area contributed by atoms with Gasteiger partial charge in [0.25, 0.3) is 0 Å². The number of carbonyl (C=O) groups is 1. The van der Waals surface area contributed by atoms with Gasteiger partial charge in [0.1, 0.15) is 18.3 Å². The summed E-state index contributed by atoms with van der Waals surface area (Å²) in [6.07, 6.45) is 1.44. The largest absolute Gasteiger partial charge is 0.480 e. The van der Waals surface area contributed by atoms with Gasteiger partial charge in [-0.2, -0.15) is 5.26 Å². The summed E-state index contributed by atoms with van der Waals surface area (Å²) >= 11 is 0. The van der Waals surface area contributed by atoms with Crippen LogP contribution in [0.2, 0.25) is 0 Å². The van der Waals surface area contributed by atoms with Gasteiger partial charge in [-0.25, -0.2) is 9.97 Å². The number of carboxylic acids is 1.